The minimum atomic E-state index is -0.317. The topological polar surface area (TPSA) is 46.3 Å². The minimum Gasteiger partial charge on any atom is -0.437 e. The zero-order valence-corrected chi connectivity index (χ0v) is 8.31. The van der Waals surface area contributed by atoms with Crippen LogP contribution in [-0.2, 0) is 0 Å². The lowest BCUT2D eigenvalue weighted by molar-refractivity contribution is 0.220. The van der Waals surface area contributed by atoms with Gasteiger partial charge in [0.15, 0.2) is 0 Å². The first-order valence-corrected chi connectivity index (χ1v) is 4.83. The molecule has 0 radical (unpaired) electrons. The molecule has 0 bridgehead atoms. The summed E-state index contributed by atoms with van der Waals surface area (Å²) < 4.78 is 5.31. The highest BCUT2D eigenvalue weighted by Crippen LogP contribution is 2.20. The number of aryl methyl sites for hydroxylation is 2. The number of rotatable bonds is 3. The lowest BCUT2D eigenvalue weighted by Crippen LogP contribution is -2.02. The zero-order chi connectivity index (χ0) is 9.14. The van der Waals surface area contributed by atoms with E-state index in [1.807, 2.05) is 13.8 Å². The van der Waals surface area contributed by atoms with Crippen LogP contribution in [0.5, 0.6) is 0 Å². The van der Waals surface area contributed by atoms with Crippen molar-refractivity contribution in [1.82, 2.24) is 4.98 Å². The number of aromatic nitrogens is 1. The fourth-order valence-electron chi connectivity index (χ4n) is 0.697. The van der Waals surface area contributed by atoms with Gasteiger partial charge in [-0.15, -0.1) is 0 Å². The second kappa shape index (κ2) is 3.96. The maximum Gasteiger partial charge on any atom is 0.256 e. The number of hydrogen-bond acceptors (Lipinski definition) is 4. The summed E-state index contributed by atoms with van der Waals surface area (Å²) in [7, 11) is 0. The lowest BCUT2D eigenvalue weighted by Gasteiger charge is -1.98. The number of thioether (sulfide) groups is 1. The zero-order valence-electron chi connectivity index (χ0n) is 7.50. The van der Waals surface area contributed by atoms with Gasteiger partial charge in [-0.3, -0.25) is 0 Å². The van der Waals surface area contributed by atoms with E-state index < -0.39 is 0 Å². The molecule has 4 heteroatoms. The predicted octanol–water partition coefficient (Wildman–Crippen LogP) is 1.76. The summed E-state index contributed by atoms with van der Waals surface area (Å²) in [5, 5.41) is 9.64. The molecule has 0 saturated heterocycles. The Kier molecular flexibility index (Phi) is 3.17. The van der Waals surface area contributed by atoms with Crippen molar-refractivity contribution in [2.24, 2.45) is 0 Å². The van der Waals surface area contributed by atoms with Crippen LogP contribution in [0.4, 0.5) is 0 Å². The van der Waals surface area contributed by atoms with Crippen molar-refractivity contribution in [3.05, 3.63) is 11.5 Å². The molecule has 1 unspecified atom stereocenters. The molecule has 12 heavy (non-hydrogen) atoms. The van der Waals surface area contributed by atoms with Crippen molar-refractivity contribution in [2.75, 3.05) is 5.75 Å². The fourth-order valence-corrected chi connectivity index (χ4v) is 1.47. The second-order valence-corrected chi connectivity index (χ2v) is 3.75. The SMILES string of the molecule is Cc1nc(SCC(C)O)oc1C. The molecule has 0 aliphatic rings. The molecule has 0 spiro atoms. The molecule has 3 nitrogen and oxygen atoms in total. The molecule has 0 aliphatic heterocycles. The van der Waals surface area contributed by atoms with Crippen LogP contribution < -0.4 is 0 Å². The third-order valence-corrected chi connectivity index (χ3v) is 2.53. The Morgan fingerprint density at radius 2 is 2.25 bits per heavy atom. The van der Waals surface area contributed by atoms with Crippen LogP contribution in [-0.4, -0.2) is 21.9 Å². The van der Waals surface area contributed by atoms with Crippen LogP contribution in [0, 0.1) is 13.8 Å². The largest absolute Gasteiger partial charge is 0.437 e. The molecule has 0 saturated carbocycles. The van der Waals surface area contributed by atoms with Gasteiger partial charge in [0.1, 0.15) is 5.76 Å². The summed E-state index contributed by atoms with van der Waals surface area (Å²) in [6.07, 6.45) is -0.317. The van der Waals surface area contributed by atoms with Crippen LogP contribution in [0.15, 0.2) is 9.64 Å². The number of oxazole rings is 1. The van der Waals surface area contributed by atoms with Gasteiger partial charge in [0.25, 0.3) is 5.22 Å². The molecule has 1 N–H and O–H groups in total. The van der Waals surface area contributed by atoms with E-state index in [0.717, 1.165) is 11.5 Å². The first-order valence-electron chi connectivity index (χ1n) is 3.84. The maximum atomic E-state index is 9.00. The molecule has 0 aliphatic carbocycles. The van der Waals surface area contributed by atoms with Crippen LogP contribution in [0.3, 0.4) is 0 Å². The molecule has 0 aromatic carbocycles. The molecule has 1 aromatic rings. The van der Waals surface area contributed by atoms with E-state index in [4.69, 9.17) is 9.52 Å². The Morgan fingerprint density at radius 1 is 1.58 bits per heavy atom. The minimum absolute atomic E-state index is 0.317. The summed E-state index contributed by atoms with van der Waals surface area (Å²) in [4.78, 5) is 4.17. The van der Waals surface area contributed by atoms with Crippen LogP contribution in [0.2, 0.25) is 0 Å². The van der Waals surface area contributed by atoms with Crippen LogP contribution in [0.1, 0.15) is 18.4 Å². The molecule has 0 amide bonds. The van der Waals surface area contributed by atoms with E-state index in [1.54, 1.807) is 6.92 Å². The van der Waals surface area contributed by atoms with E-state index in [9.17, 15) is 0 Å². The normalized spacial score (nSPS) is 13.3. The van der Waals surface area contributed by atoms with Gasteiger partial charge in [0.2, 0.25) is 0 Å². The van der Waals surface area contributed by atoms with Gasteiger partial charge in [-0.2, -0.15) is 0 Å². The van der Waals surface area contributed by atoms with Crippen LogP contribution >= 0.6 is 11.8 Å². The molecular weight excluding hydrogens is 174 g/mol. The van der Waals surface area contributed by atoms with Crippen molar-refractivity contribution in [1.29, 1.82) is 0 Å². The number of aliphatic hydroxyl groups excluding tert-OH is 1. The van der Waals surface area contributed by atoms with E-state index in [-0.39, 0.29) is 6.10 Å². The number of hydrogen-bond donors (Lipinski definition) is 1. The van der Waals surface area contributed by atoms with Gasteiger partial charge in [-0.1, -0.05) is 11.8 Å². The van der Waals surface area contributed by atoms with Crippen molar-refractivity contribution < 1.29 is 9.52 Å². The highest BCUT2D eigenvalue weighted by atomic mass is 32.2. The Labute approximate surface area is 76.2 Å². The third kappa shape index (κ3) is 2.53. The van der Waals surface area contributed by atoms with E-state index in [1.165, 1.54) is 11.8 Å². The molecular formula is C8H13NO2S. The average molecular weight is 187 g/mol. The molecule has 68 valence electrons. The summed E-state index contributed by atoms with van der Waals surface area (Å²) in [6, 6.07) is 0. The average Bonchev–Trinajstić information content (AvgIpc) is 2.28. The fraction of sp³-hybridized carbons (Fsp3) is 0.625. The summed E-state index contributed by atoms with van der Waals surface area (Å²) in [5.74, 6) is 1.47. The van der Waals surface area contributed by atoms with Crippen molar-refractivity contribution in [3.8, 4) is 0 Å². The quantitative estimate of drug-likeness (QED) is 0.732. The molecule has 1 heterocycles. The highest BCUT2D eigenvalue weighted by molar-refractivity contribution is 7.99. The summed E-state index contributed by atoms with van der Waals surface area (Å²) in [5.41, 5.74) is 0.920. The molecule has 1 aromatic heterocycles. The standard InChI is InChI=1S/C8H13NO2S/c1-5(10)4-12-8-9-6(2)7(3)11-8/h5,10H,4H2,1-3H3. The second-order valence-electron chi connectivity index (χ2n) is 2.78. The molecule has 1 atom stereocenters. The first-order chi connectivity index (χ1) is 5.59. The van der Waals surface area contributed by atoms with Crippen molar-refractivity contribution >= 4 is 11.8 Å². The lowest BCUT2D eigenvalue weighted by atomic mass is 10.4. The summed E-state index contributed by atoms with van der Waals surface area (Å²) in [6.45, 7) is 5.54. The maximum absolute atomic E-state index is 9.00. The Balaban J connectivity index is 2.53. The number of aliphatic hydroxyl groups is 1. The van der Waals surface area contributed by atoms with Crippen LogP contribution in [0.25, 0.3) is 0 Å². The monoisotopic (exact) mass is 187 g/mol. The summed E-state index contributed by atoms with van der Waals surface area (Å²) >= 11 is 1.44. The number of nitrogens with zero attached hydrogens (tertiary/aromatic N) is 1. The molecule has 1 rings (SSSR count). The molecule has 0 fully saturated rings. The van der Waals surface area contributed by atoms with Gasteiger partial charge in [0, 0.05) is 5.75 Å². The predicted molar refractivity (Wildman–Crippen MR) is 48.4 cm³/mol. The first kappa shape index (κ1) is 9.61. The third-order valence-electron chi connectivity index (χ3n) is 1.46. The van der Waals surface area contributed by atoms with E-state index in [2.05, 4.69) is 4.98 Å². The Hall–Kier alpha value is -0.480. The Morgan fingerprint density at radius 3 is 2.67 bits per heavy atom. The smallest absolute Gasteiger partial charge is 0.256 e. The van der Waals surface area contributed by atoms with Gasteiger partial charge < -0.3 is 9.52 Å². The van der Waals surface area contributed by atoms with E-state index in [0.29, 0.717) is 11.0 Å². The van der Waals surface area contributed by atoms with Gasteiger partial charge in [-0.25, -0.2) is 4.98 Å². The van der Waals surface area contributed by atoms with Crippen molar-refractivity contribution in [3.63, 3.8) is 0 Å². The van der Waals surface area contributed by atoms with Gasteiger partial charge in [0.05, 0.1) is 11.8 Å². The Bertz CT molecular complexity index is 238. The van der Waals surface area contributed by atoms with E-state index >= 15 is 0 Å². The van der Waals surface area contributed by atoms with Gasteiger partial charge >= 0.3 is 0 Å². The van der Waals surface area contributed by atoms with Gasteiger partial charge in [-0.05, 0) is 20.8 Å². The highest BCUT2D eigenvalue weighted by Gasteiger charge is 2.06. The van der Waals surface area contributed by atoms with Crippen molar-refractivity contribution in [2.45, 2.75) is 32.1 Å².